The van der Waals surface area contributed by atoms with Gasteiger partial charge in [0.05, 0.1) is 57.9 Å². The third-order valence-corrected chi connectivity index (χ3v) is 10.5. The van der Waals surface area contributed by atoms with Crippen molar-refractivity contribution < 1.29 is 23.7 Å². The van der Waals surface area contributed by atoms with Crippen molar-refractivity contribution in [3.8, 4) is 28.7 Å². The highest BCUT2D eigenvalue weighted by Gasteiger charge is 2.36. The van der Waals surface area contributed by atoms with Crippen molar-refractivity contribution >= 4 is 134 Å². The Bertz CT molecular complexity index is 1500. The van der Waals surface area contributed by atoms with Crippen LogP contribution in [0.2, 0.25) is 0 Å². The van der Waals surface area contributed by atoms with Gasteiger partial charge in [-0.3, -0.25) is 0 Å². The average molecular weight is 795 g/mol. The lowest BCUT2D eigenvalue weighted by atomic mass is 9.97. The van der Waals surface area contributed by atoms with E-state index < -0.39 is 0 Å². The zero-order valence-electron chi connectivity index (χ0n) is 18.9. The Kier molecular flexibility index (Phi) is 5.62. The van der Waals surface area contributed by atoms with Crippen LogP contribution in [-0.4, -0.2) is 35.5 Å². The molecule has 0 atom stereocenters. The van der Waals surface area contributed by atoms with Crippen molar-refractivity contribution in [1.29, 1.82) is 0 Å². The molecule has 0 N–H and O–H groups in total. The lowest BCUT2D eigenvalue weighted by molar-refractivity contribution is 0.409. The maximum absolute atomic E-state index is 5.98. The van der Waals surface area contributed by atoms with Crippen LogP contribution in [0.4, 0.5) is 0 Å². The molecular formula is C25H15Br5O5. The fourth-order valence-electron chi connectivity index (χ4n) is 5.56. The van der Waals surface area contributed by atoms with Crippen LogP contribution in [0.1, 0.15) is 0 Å². The summed E-state index contributed by atoms with van der Waals surface area (Å²) in [6.07, 6.45) is 0. The summed E-state index contributed by atoms with van der Waals surface area (Å²) in [6, 6.07) is 0. The molecule has 35 heavy (non-hydrogen) atoms. The van der Waals surface area contributed by atoms with E-state index in [0.717, 1.165) is 76.2 Å². The highest BCUT2D eigenvalue weighted by atomic mass is 79.9. The third kappa shape index (κ3) is 2.63. The van der Waals surface area contributed by atoms with Gasteiger partial charge in [0.15, 0.2) is 0 Å². The van der Waals surface area contributed by atoms with Gasteiger partial charge in [-0.05, 0) is 79.6 Å². The Morgan fingerprint density at radius 3 is 0.543 bits per heavy atom. The molecule has 6 rings (SSSR count). The average Bonchev–Trinajstić information content (AvgIpc) is 3.18. The first kappa shape index (κ1) is 24.2. The lowest BCUT2D eigenvalue weighted by Crippen LogP contribution is -1.96. The van der Waals surface area contributed by atoms with Gasteiger partial charge in [-0.25, -0.2) is 0 Å². The zero-order chi connectivity index (χ0) is 25.1. The van der Waals surface area contributed by atoms with Gasteiger partial charge in [-0.1, -0.05) is 0 Å². The molecular weight excluding hydrogens is 780 g/mol. The molecule has 0 fully saturated rings. The van der Waals surface area contributed by atoms with Crippen LogP contribution in [-0.2, 0) is 0 Å². The van der Waals surface area contributed by atoms with Gasteiger partial charge in [-0.2, -0.15) is 0 Å². The van der Waals surface area contributed by atoms with Crippen LogP contribution >= 0.6 is 79.6 Å². The lowest BCUT2D eigenvalue weighted by Gasteiger charge is -2.19. The first-order valence-electron chi connectivity index (χ1n) is 10.3. The van der Waals surface area contributed by atoms with E-state index >= 15 is 0 Å². The van der Waals surface area contributed by atoms with E-state index in [1.807, 2.05) is 0 Å². The molecule has 6 aromatic rings. The maximum atomic E-state index is 5.98. The first-order chi connectivity index (χ1) is 16.8. The third-order valence-electron chi connectivity index (χ3n) is 6.75. The minimum Gasteiger partial charge on any atom is -0.495 e. The van der Waals surface area contributed by atoms with E-state index in [9.17, 15) is 0 Å². The van der Waals surface area contributed by atoms with E-state index in [1.54, 1.807) is 35.5 Å². The van der Waals surface area contributed by atoms with Gasteiger partial charge in [0, 0.05) is 53.9 Å². The van der Waals surface area contributed by atoms with Crippen LogP contribution in [0.3, 0.4) is 0 Å². The summed E-state index contributed by atoms with van der Waals surface area (Å²) >= 11 is 19.2. The van der Waals surface area contributed by atoms with Gasteiger partial charge >= 0.3 is 0 Å². The minimum absolute atomic E-state index is 0.683. The zero-order valence-corrected chi connectivity index (χ0v) is 26.9. The van der Waals surface area contributed by atoms with E-state index in [4.69, 9.17) is 23.7 Å². The van der Waals surface area contributed by atoms with Crippen LogP contribution in [0.15, 0.2) is 22.4 Å². The van der Waals surface area contributed by atoms with Gasteiger partial charge in [-0.15, -0.1) is 0 Å². The van der Waals surface area contributed by atoms with E-state index in [0.29, 0.717) is 28.7 Å². The van der Waals surface area contributed by atoms with Gasteiger partial charge in [0.1, 0.15) is 28.7 Å². The molecule has 0 aliphatic rings. The quantitative estimate of drug-likeness (QED) is 0.163. The van der Waals surface area contributed by atoms with Gasteiger partial charge in [0.25, 0.3) is 0 Å². The van der Waals surface area contributed by atoms with E-state index in [-0.39, 0.29) is 0 Å². The van der Waals surface area contributed by atoms with E-state index in [2.05, 4.69) is 79.6 Å². The molecule has 0 saturated heterocycles. The van der Waals surface area contributed by atoms with Crippen molar-refractivity contribution in [3.05, 3.63) is 22.4 Å². The van der Waals surface area contributed by atoms with Gasteiger partial charge in [0.2, 0.25) is 0 Å². The first-order valence-corrected chi connectivity index (χ1v) is 14.2. The molecule has 0 heterocycles. The van der Waals surface area contributed by atoms with Gasteiger partial charge < -0.3 is 23.7 Å². The molecule has 0 aromatic heterocycles. The molecule has 0 saturated carbocycles. The molecule has 0 aliphatic heterocycles. The molecule has 0 unspecified atom stereocenters. The molecule has 10 heteroatoms. The number of rotatable bonds is 5. The number of benzene rings is 5. The predicted octanol–water partition coefficient (Wildman–Crippen LogP) is 9.62. The summed E-state index contributed by atoms with van der Waals surface area (Å²) < 4.78 is 33.9. The molecule has 0 radical (unpaired) electrons. The van der Waals surface area contributed by atoms with E-state index in [1.165, 1.54) is 0 Å². The second kappa shape index (κ2) is 8.15. The summed E-state index contributed by atoms with van der Waals surface area (Å²) in [5.74, 6) is 3.42. The van der Waals surface area contributed by atoms with Crippen LogP contribution in [0.5, 0.6) is 28.7 Å². The van der Waals surface area contributed by atoms with Crippen molar-refractivity contribution in [2.45, 2.75) is 0 Å². The number of ether oxygens (including phenoxy) is 5. The van der Waals surface area contributed by atoms with Crippen molar-refractivity contribution in [1.82, 2.24) is 0 Å². The Morgan fingerprint density at radius 1 is 0.286 bits per heavy atom. The summed E-state index contributed by atoms with van der Waals surface area (Å²) in [6.45, 7) is 0. The summed E-state index contributed by atoms with van der Waals surface area (Å²) in [5, 5.41) is 9.76. The Morgan fingerprint density at radius 2 is 0.429 bits per heavy atom. The Hall–Kier alpha value is -1.20. The van der Waals surface area contributed by atoms with Crippen molar-refractivity contribution in [3.63, 3.8) is 0 Å². The van der Waals surface area contributed by atoms with Crippen LogP contribution < -0.4 is 23.7 Å². The fraction of sp³-hybridized carbons (Fsp3) is 0.200. The second-order valence-electron chi connectivity index (χ2n) is 7.99. The van der Waals surface area contributed by atoms with Crippen molar-refractivity contribution in [2.24, 2.45) is 0 Å². The fourth-order valence-corrected chi connectivity index (χ4v) is 9.26. The van der Waals surface area contributed by atoms with Crippen LogP contribution in [0, 0.1) is 0 Å². The summed E-state index contributed by atoms with van der Waals surface area (Å²) in [5.41, 5.74) is 0. The number of hydrogen-bond donors (Lipinski definition) is 0. The number of hydrogen-bond acceptors (Lipinski definition) is 5. The van der Waals surface area contributed by atoms with Crippen LogP contribution in [0.25, 0.3) is 53.9 Å². The molecule has 6 aromatic carbocycles. The second-order valence-corrected chi connectivity index (χ2v) is 12.0. The van der Waals surface area contributed by atoms with Crippen molar-refractivity contribution in [2.75, 3.05) is 35.5 Å². The molecule has 0 amide bonds. The maximum Gasteiger partial charge on any atom is 0.142 e. The SMILES string of the molecule is COc1c(Br)c2c(OC)c(Br)c3c(OC)c(Br)c4c(OC)c(Br)c5c(OC)c(Br)c1c1c5c4c3c21. The molecule has 0 aliphatic carbocycles. The standard InChI is InChI=1S/C25H15Br5O5/c1-31-21-11-6-7-9-10-8(6)13(23(33-3)17(11)27)19(29)25(35-5)15(10)20(30)24(34-4)14(9)18(28)22(32-2)12(7)16(21)26/h1-5H3. The summed E-state index contributed by atoms with van der Waals surface area (Å²) in [7, 11) is 8.33. The Labute approximate surface area is 242 Å². The molecule has 0 bridgehead atoms. The molecule has 0 spiro atoms. The monoisotopic (exact) mass is 790 g/mol. The highest BCUT2D eigenvalue weighted by Crippen LogP contribution is 2.65. The number of halogens is 5. The predicted molar refractivity (Wildman–Crippen MR) is 159 cm³/mol. The minimum atomic E-state index is 0.683. The highest BCUT2D eigenvalue weighted by molar-refractivity contribution is 9.11. The smallest absolute Gasteiger partial charge is 0.142 e. The Balaban J connectivity index is 2.21. The topological polar surface area (TPSA) is 46.2 Å². The largest absolute Gasteiger partial charge is 0.495 e. The molecule has 180 valence electrons. The summed E-state index contributed by atoms with van der Waals surface area (Å²) in [4.78, 5) is 0. The normalized spacial score (nSPS) is 12.3. The number of methoxy groups -OCH3 is 5. The molecule has 5 nitrogen and oxygen atoms in total.